The Balaban J connectivity index is 1.65. The molecule has 5 nitrogen and oxygen atoms in total. The first kappa shape index (κ1) is 14.6. The van der Waals surface area contributed by atoms with Crippen LogP contribution in [0, 0.1) is 6.92 Å². The van der Waals surface area contributed by atoms with Crippen molar-refractivity contribution < 1.29 is 0 Å². The third-order valence-electron chi connectivity index (χ3n) is 4.22. The van der Waals surface area contributed by atoms with Crippen LogP contribution in [0.3, 0.4) is 0 Å². The first-order valence-corrected chi connectivity index (χ1v) is 8.07. The summed E-state index contributed by atoms with van der Waals surface area (Å²) in [6, 6.07) is 12.8. The second kappa shape index (κ2) is 5.60. The number of rotatable bonds is 4. The maximum absolute atomic E-state index is 5.69. The highest BCUT2D eigenvalue weighted by molar-refractivity contribution is 5.81. The Morgan fingerprint density at radius 3 is 2.54 bits per heavy atom. The van der Waals surface area contributed by atoms with Gasteiger partial charge in [-0.05, 0) is 37.5 Å². The van der Waals surface area contributed by atoms with E-state index in [0.717, 1.165) is 39.2 Å². The van der Waals surface area contributed by atoms with E-state index in [-0.39, 0.29) is 5.95 Å². The Morgan fingerprint density at radius 2 is 1.83 bits per heavy atom. The summed E-state index contributed by atoms with van der Waals surface area (Å²) in [5, 5.41) is 3.43. The van der Waals surface area contributed by atoms with E-state index >= 15 is 0 Å². The van der Waals surface area contributed by atoms with E-state index in [1.54, 1.807) is 0 Å². The van der Waals surface area contributed by atoms with Gasteiger partial charge in [0.25, 0.3) is 0 Å². The van der Waals surface area contributed by atoms with Crippen molar-refractivity contribution in [2.24, 2.45) is 0 Å². The summed E-state index contributed by atoms with van der Waals surface area (Å²) >= 11 is 0. The molecule has 4 rings (SSSR count). The number of nitrogens with two attached hydrogens (primary N) is 1. The molecular weight excluding hydrogens is 298 g/mol. The fourth-order valence-corrected chi connectivity index (χ4v) is 2.74. The maximum atomic E-state index is 5.69. The van der Waals surface area contributed by atoms with Crippen molar-refractivity contribution in [1.82, 2.24) is 20.3 Å². The first-order chi connectivity index (χ1) is 11.6. The lowest BCUT2D eigenvalue weighted by Gasteiger charge is -2.10. The van der Waals surface area contributed by atoms with Gasteiger partial charge in [0, 0.05) is 17.3 Å². The van der Waals surface area contributed by atoms with Crippen molar-refractivity contribution in [2.45, 2.75) is 25.8 Å². The van der Waals surface area contributed by atoms with Crippen LogP contribution in [-0.2, 0) is 0 Å². The van der Waals surface area contributed by atoms with E-state index in [2.05, 4.69) is 46.1 Å². The number of hydrogen-bond acceptors (Lipinski definition) is 5. The molecule has 2 heterocycles. The second-order valence-electron chi connectivity index (χ2n) is 6.21. The normalized spacial score (nSPS) is 13.9. The zero-order valence-electron chi connectivity index (χ0n) is 13.6. The van der Waals surface area contributed by atoms with Gasteiger partial charge in [0.05, 0.1) is 16.9 Å². The smallest absolute Gasteiger partial charge is 0.220 e. The first-order valence-electron chi connectivity index (χ1n) is 8.07. The van der Waals surface area contributed by atoms with Gasteiger partial charge in [-0.3, -0.25) is 0 Å². The van der Waals surface area contributed by atoms with Gasteiger partial charge in [0.1, 0.15) is 5.52 Å². The molecule has 0 amide bonds. The summed E-state index contributed by atoms with van der Waals surface area (Å²) in [4.78, 5) is 13.1. The third-order valence-corrected chi connectivity index (χ3v) is 4.22. The van der Waals surface area contributed by atoms with Crippen molar-refractivity contribution in [3.63, 3.8) is 0 Å². The van der Waals surface area contributed by atoms with Gasteiger partial charge in [-0.15, -0.1) is 0 Å². The molecule has 0 radical (unpaired) electrons. The van der Waals surface area contributed by atoms with Crippen LogP contribution in [0.4, 0.5) is 5.95 Å². The average molecular weight is 317 g/mol. The van der Waals surface area contributed by atoms with Crippen molar-refractivity contribution in [3.8, 4) is 11.3 Å². The van der Waals surface area contributed by atoms with Gasteiger partial charge in [0.2, 0.25) is 5.95 Å². The lowest BCUT2D eigenvalue weighted by molar-refractivity contribution is 0.885. The zero-order chi connectivity index (χ0) is 16.7. The van der Waals surface area contributed by atoms with Crippen LogP contribution >= 0.6 is 0 Å². The minimum atomic E-state index is 0.278. The number of nitrogens with zero attached hydrogens (tertiary/aromatic N) is 3. The Kier molecular flexibility index (Phi) is 3.41. The molecule has 3 N–H and O–H groups in total. The van der Waals surface area contributed by atoms with E-state index in [1.165, 1.54) is 12.8 Å². The highest BCUT2D eigenvalue weighted by Crippen LogP contribution is 2.25. The fraction of sp³-hybridized carbons (Fsp3) is 0.211. The lowest BCUT2D eigenvalue weighted by atomic mass is 10.1. The van der Waals surface area contributed by atoms with E-state index in [4.69, 9.17) is 10.7 Å². The Morgan fingerprint density at radius 1 is 1.08 bits per heavy atom. The quantitative estimate of drug-likeness (QED) is 0.772. The molecule has 2 aromatic heterocycles. The third kappa shape index (κ3) is 2.80. The topological polar surface area (TPSA) is 76.7 Å². The van der Waals surface area contributed by atoms with E-state index in [9.17, 15) is 0 Å². The molecule has 5 heteroatoms. The predicted molar refractivity (Wildman–Crippen MR) is 97.1 cm³/mol. The number of hydrogen-bond donors (Lipinski definition) is 2. The number of pyridine rings is 1. The molecule has 0 spiro atoms. The van der Waals surface area contributed by atoms with Crippen LogP contribution in [0.25, 0.3) is 28.0 Å². The van der Waals surface area contributed by atoms with Crippen LogP contribution < -0.4 is 11.1 Å². The highest BCUT2D eigenvalue weighted by Gasteiger charge is 2.21. The SMILES string of the molecule is C=C(NC1CC1)c1ccc(-c2ccc3nc(N)nc(C)c3n2)cc1. The van der Waals surface area contributed by atoms with Crippen molar-refractivity contribution in [2.75, 3.05) is 5.73 Å². The minimum absolute atomic E-state index is 0.278. The summed E-state index contributed by atoms with van der Waals surface area (Å²) in [5.74, 6) is 0.278. The monoisotopic (exact) mass is 317 g/mol. The highest BCUT2D eigenvalue weighted by atomic mass is 15.0. The standard InChI is InChI=1S/C19H19N5/c1-11(21-15-7-8-15)13-3-5-14(6-4-13)16-9-10-17-18(23-16)12(2)22-19(20)24-17/h3-6,9-10,15,21H,1,7-8H2,2H3,(H2,20,22,24). The minimum Gasteiger partial charge on any atom is -0.382 e. The van der Waals surface area contributed by atoms with Crippen LogP contribution in [0.15, 0.2) is 43.0 Å². The summed E-state index contributed by atoms with van der Waals surface area (Å²) in [6.07, 6.45) is 2.48. The summed E-state index contributed by atoms with van der Waals surface area (Å²) in [5.41, 5.74) is 12.1. The molecule has 120 valence electrons. The summed E-state index contributed by atoms with van der Waals surface area (Å²) in [7, 11) is 0. The maximum Gasteiger partial charge on any atom is 0.220 e. The Labute approximate surface area is 140 Å². The molecule has 0 unspecified atom stereocenters. The molecule has 1 aliphatic rings. The van der Waals surface area contributed by atoms with Gasteiger partial charge < -0.3 is 11.1 Å². The van der Waals surface area contributed by atoms with Crippen LogP contribution in [-0.4, -0.2) is 21.0 Å². The van der Waals surface area contributed by atoms with Gasteiger partial charge >= 0.3 is 0 Å². The second-order valence-corrected chi connectivity index (χ2v) is 6.21. The molecule has 0 atom stereocenters. The van der Waals surface area contributed by atoms with Crippen LogP contribution in [0.1, 0.15) is 24.1 Å². The molecule has 1 aromatic carbocycles. The van der Waals surface area contributed by atoms with Gasteiger partial charge in [0.15, 0.2) is 0 Å². The number of aryl methyl sites for hydroxylation is 1. The Hall–Kier alpha value is -2.95. The largest absolute Gasteiger partial charge is 0.382 e. The molecule has 1 saturated carbocycles. The lowest BCUT2D eigenvalue weighted by Crippen LogP contribution is -2.13. The molecule has 0 saturated heterocycles. The van der Waals surface area contributed by atoms with Crippen LogP contribution in [0.5, 0.6) is 0 Å². The molecule has 1 aliphatic carbocycles. The molecule has 1 fully saturated rings. The van der Waals surface area contributed by atoms with E-state index in [0.29, 0.717) is 6.04 Å². The van der Waals surface area contributed by atoms with Gasteiger partial charge in [-0.2, -0.15) is 0 Å². The number of nitrogens with one attached hydrogen (secondary N) is 1. The number of benzene rings is 1. The summed E-state index contributed by atoms with van der Waals surface area (Å²) in [6.45, 7) is 6.01. The zero-order valence-corrected chi connectivity index (χ0v) is 13.6. The number of aromatic nitrogens is 3. The van der Waals surface area contributed by atoms with Crippen molar-refractivity contribution >= 4 is 22.7 Å². The van der Waals surface area contributed by atoms with Crippen molar-refractivity contribution in [1.29, 1.82) is 0 Å². The molecule has 3 aromatic rings. The number of fused-ring (bicyclic) bond motifs is 1. The van der Waals surface area contributed by atoms with Crippen LogP contribution in [0.2, 0.25) is 0 Å². The molecule has 0 bridgehead atoms. The van der Waals surface area contributed by atoms with Gasteiger partial charge in [-0.25, -0.2) is 15.0 Å². The van der Waals surface area contributed by atoms with E-state index in [1.807, 2.05) is 19.1 Å². The van der Waals surface area contributed by atoms with Gasteiger partial charge in [-0.1, -0.05) is 30.8 Å². The van der Waals surface area contributed by atoms with Crippen molar-refractivity contribution in [3.05, 3.63) is 54.2 Å². The number of nitrogen functional groups attached to an aromatic ring is 1. The average Bonchev–Trinajstić information content (AvgIpc) is 3.38. The Bertz CT molecular complexity index is 926. The number of anilines is 1. The molecule has 24 heavy (non-hydrogen) atoms. The molecular formula is C19H19N5. The predicted octanol–water partition coefficient (Wildman–Crippen LogP) is 3.31. The van der Waals surface area contributed by atoms with E-state index < -0.39 is 0 Å². The summed E-state index contributed by atoms with van der Waals surface area (Å²) < 4.78 is 0. The molecule has 0 aliphatic heterocycles. The fourth-order valence-electron chi connectivity index (χ4n) is 2.74.